The average molecular weight is 775 g/mol. The first-order chi connectivity index (χ1) is 19.7. The largest absolute Gasteiger partial charge is 0.483 e. The molecule has 5 rings (SSSR count). The van der Waals surface area contributed by atoms with Gasteiger partial charge < -0.3 is 10.1 Å². The highest BCUT2D eigenvalue weighted by molar-refractivity contribution is 14.1. The van der Waals surface area contributed by atoms with E-state index >= 15 is 0 Å². The predicted molar refractivity (Wildman–Crippen MR) is 177 cm³/mol. The van der Waals surface area contributed by atoms with Gasteiger partial charge in [-0.3, -0.25) is 0 Å². The minimum atomic E-state index is -0.699. The van der Waals surface area contributed by atoms with Gasteiger partial charge in [-0.1, -0.05) is 60.7 Å². The van der Waals surface area contributed by atoms with Crippen LogP contribution in [0.2, 0.25) is 0 Å². The van der Waals surface area contributed by atoms with Crippen molar-refractivity contribution in [3.63, 3.8) is 0 Å². The second-order valence-corrected chi connectivity index (χ2v) is 12.2. The number of hydrogen-bond acceptors (Lipinski definition) is 2. The van der Waals surface area contributed by atoms with Crippen molar-refractivity contribution in [3.05, 3.63) is 138 Å². The molecule has 0 aliphatic heterocycles. The van der Waals surface area contributed by atoms with Crippen molar-refractivity contribution in [2.45, 2.75) is 27.0 Å². The van der Waals surface area contributed by atoms with Crippen molar-refractivity contribution in [2.24, 2.45) is 0 Å². The first-order valence-electron chi connectivity index (χ1n) is 12.9. The molecule has 0 unspecified atom stereocenters. The smallest absolute Gasteiger partial charge is 0.191 e. The standard InChI is InChI=1S/C34H26F3I2NO/c1-20-13-29(36)34(30(37)14-20)41-19-22-3-6-24(7-4-22)25-8-10-26(11-9-25)27-16-31(38)33(32(39)17-27)40-18-23-5-12-28(35)21(2)15-23/h3-17,40H,18-19H2,1-2H3. The average Bonchev–Trinajstić information content (AvgIpc) is 2.94. The number of halogens is 5. The maximum absolute atomic E-state index is 14.1. The summed E-state index contributed by atoms with van der Waals surface area (Å²) in [4.78, 5) is 0. The van der Waals surface area contributed by atoms with Crippen LogP contribution in [0, 0.1) is 38.4 Å². The Kier molecular flexibility index (Phi) is 9.23. The third-order valence-corrected chi connectivity index (χ3v) is 8.47. The van der Waals surface area contributed by atoms with Crippen LogP contribution in [-0.4, -0.2) is 0 Å². The van der Waals surface area contributed by atoms with E-state index in [1.54, 1.807) is 19.9 Å². The van der Waals surface area contributed by atoms with E-state index in [-0.39, 0.29) is 18.2 Å². The van der Waals surface area contributed by atoms with Crippen LogP contribution in [0.4, 0.5) is 18.9 Å². The molecule has 5 aromatic rings. The van der Waals surface area contributed by atoms with Gasteiger partial charge in [0, 0.05) is 13.7 Å². The molecule has 0 heterocycles. The number of nitrogens with one attached hydrogen (secondary N) is 1. The summed E-state index contributed by atoms with van der Waals surface area (Å²) in [6.07, 6.45) is 0. The zero-order chi connectivity index (χ0) is 29.1. The first-order valence-corrected chi connectivity index (χ1v) is 15.1. The van der Waals surface area contributed by atoms with E-state index in [2.05, 4.69) is 86.9 Å². The summed E-state index contributed by atoms with van der Waals surface area (Å²) < 4.78 is 49.4. The Balaban J connectivity index is 1.25. The zero-order valence-electron chi connectivity index (χ0n) is 22.4. The van der Waals surface area contributed by atoms with Gasteiger partial charge in [-0.2, -0.15) is 0 Å². The lowest BCUT2D eigenvalue weighted by atomic mass is 9.99. The Morgan fingerprint density at radius 3 is 1.68 bits per heavy atom. The van der Waals surface area contributed by atoms with Gasteiger partial charge in [0.05, 0.1) is 5.69 Å². The molecule has 0 spiro atoms. The summed E-state index contributed by atoms with van der Waals surface area (Å²) in [5, 5.41) is 3.50. The number of anilines is 1. The number of hydrogen-bond donors (Lipinski definition) is 1. The molecular weight excluding hydrogens is 749 g/mol. The minimum absolute atomic E-state index is 0.0712. The molecule has 0 saturated heterocycles. The molecule has 0 saturated carbocycles. The SMILES string of the molecule is Cc1cc(F)c(OCc2ccc(-c3ccc(-c4cc(I)c(NCc5ccc(F)c(C)c5)c(I)c4)cc3)cc2)c(F)c1. The van der Waals surface area contributed by atoms with E-state index in [1.807, 2.05) is 30.3 Å². The predicted octanol–water partition coefficient (Wildman–Crippen LogP) is 10.5. The van der Waals surface area contributed by atoms with E-state index in [0.29, 0.717) is 17.7 Å². The van der Waals surface area contributed by atoms with Crippen molar-refractivity contribution in [3.8, 4) is 28.0 Å². The molecule has 0 fully saturated rings. The molecular formula is C34H26F3I2NO. The summed E-state index contributed by atoms with van der Waals surface area (Å²) in [5.41, 5.74) is 8.39. The van der Waals surface area contributed by atoms with Gasteiger partial charge in [0.25, 0.3) is 0 Å². The molecule has 0 radical (unpaired) electrons. The highest BCUT2D eigenvalue weighted by Crippen LogP contribution is 2.33. The van der Waals surface area contributed by atoms with E-state index in [0.717, 1.165) is 46.2 Å². The number of rotatable bonds is 8. The number of ether oxygens (including phenoxy) is 1. The van der Waals surface area contributed by atoms with Gasteiger partial charge in [-0.05, 0) is 134 Å². The van der Waals surface area contributed by atoms with Crippen LogP contribution in [0.3, 0.4) is 0 Å². The van der Waals surface area contributed by atoms with Crippen LogP contribution >= 0.6 is 45.2 Å². The van der Waals surface area contributed by atoms with Gasteiger partial charge >= 0.3 is 0 Å². The van der Waals surface area contributed by atoms with Crippen molar-refractivity contribution in [2.75, 3.05) is 5.32 Å². The Labute approximate surface area is 265 Å². The quantitative estimate of drug-likeness (QED) is 0.159. The third kappa shape index (κ3) is 7.06. The molecule has 7 heteroatoms. The van der Waals surface area contributed by atoms with E-state index in [9.17, 15) is 13.2 Å². The minimum Gasteiger partial charge on any atom is -0.483 e. The molecule has 1 N–H and O–H groups in total. The molecule has 0 aliphatic carbocycles. The summed E-state index contributed by atoms with van der Waals surface area (Å²) in [6.45, 7) is 4.10. The van der Waals surface area contributed by atoms with Crippen molar-refractivity contribution < 1.29 is 17.9 Å². The maximum atomic E-state index is 14.1. The Morgan fingerprint density at radius 2 is 1.12 bits per heavy atom. The van der Waals surface area contributed by atoms with Crippen LogP contribution in [-0.2, 0) is 13.2 Å². The fourth-order valence-corrected chi connectivity index (χ4v) is 6.69. The van der Waals surface area contributed by atoms with Crippen molar-refractivity contribution in [1.29, 1.82) is 0 Å². The molecule has 2 nitrogen and oxygen atoms in total. The lowest BCUT2D eigenvalue weighted by Crippen LogP contribution is -2.04. The zero-order valence-corrected chi connectivity index (χ0v) is 26.7. The molecule has 208 valence electrons. The van der Waals surface area contributed by atoms with Gasteiger partial charge in [-0.15, -0.1) is 0 Å². The molecule has 0 aromatic heterocycles. The summed E-state index contributed by atoms with van der Waals surface area (Å²) in [7, 11) is 0. The third-order valence-electron chi connectivity index (χ3n) is 6.77. The van der Waals surface area contributed by atoms with Gasteiger partial charge in [-0.25, -0.2) is 13.2 Å². The molecule has 41 heavy (non-hydrogen) atoms. The molecule has 0 amide bonds. The molecule has 5 aromatic carbocycles. The Bertz CT molecular complexity index is 1660. The lowest BCUT2D eigenvalue weighted by Gasteiger charge is -2.14. The van der Waals surface area contributed by atoms with E-state index < -0.39 is 11.6 Å². The Hall–Kier alpha value is -3.05. The molecule has 0 bridgehead atoms. The van der Waals surface area contributed by atoms with Gasteiger partial charge in [0.2, 0.25) is 0 Å². The normalized spacial score (nSPS) is 11.0. The number of aryl methyl sites for hydroxylation is 2. The second-order valence-electron chi connectivity index (χ2n) is 9.87. The lowest BCUT2D eigenvalue weighted by molar-refractivity contribution is 0.274. The fourth-order valence-electron chi connectivity index (χ4n) is 4.54. The number of benzene rings is 5. The highest BCUT2D eigenvalue weighted by Gasteiger charge is 2.13. The highest BCUT2D eigenvalue weighted by atomic mass is 127. The van der Waals surface area contributed by atoms with Crippen LogP contribution in [0.1, 0.15) is 22.3 Å². The van der Waals surface area contributed by atoms with E-state index in [1.165, 1.54) is 18.2 Å². The van der Waals surface area contributed by atoms with Crippen LogP contribution in [0.5, 0.6) is 5.75 Å². The molecule has 0 atom stereocenters. The van der Waals surface area contributed by atoms with Crippen molar-refractivity contribution in [1.82, 2.24) is 0 Å². The Morgan fingerprint density at radius 1 is 0.610 bits per heavy atom. The second kappa shape index (κ2) is 12.9. The maximum Gasteiger partial charge on any atom is 0.191 e. The monoisotopic (exact) mass is 775 g/mol. The van der Waals surface area contributed by atoms with E-state index in [4.69, 9.17) is 4.74 Å². The van der Waals surface area contributed by atoms with Gasteiger partial charge in [0.1, 0.15) is 12.4 Å². The molecule has 0 aliphatic rings. The first kappa shape index (κ1) is 29.4. The van der Waals surface area contributed by atoms with Crippen LogP contribution < -0.4 is 10.1 Å². The summed E-state index contributed by atoms with van der Waals surface area (Å²) in [6, 6.07) is 28.1. The van der Waals surface area contributed by atoms with Crippen LogP contribution in [0.25, 0.3) is 22.3 Å². The summed E-state index contributed by atoms with van der Waals surface area (Å²) >= 11 is 4.70. The van der Waals surface area contributed by atoms with Crippen molar-refractivity contribution >= 4 is 50.9 Å². The summed E-state index contributed by atoms with van der Waals surface area (Å²) in [5.74, 6) is -1.94. The topological polar surface area (TPSA) is 21.3 Å². The fraction of sp³-hybridized carbons (Fsp3) is 0.118. The van der Waals surface area contributed by atoms with Gasteiger partial charge in [0.15, 0.2) is 17.4 Å². The van der Waals surface area contributed by atoms with Crippen LogP contribution in [0.15, 0.2) is 91.0 Å².